The summed E-state index contributed by atoms with van der Waals surface area (Å²) in [6, 6.07) is 5.54. The largest absolute Gasteiger partial charge is 0.386 e. The van der Waals surface area contributed by atoms with E-state index in [1.807, 2.05) is 29.7 Å². The number of aromatic nitrogens is 1. The van der Waals surface area contributed by atoms with Crippen molar-refractivity contribution in [3.05, 3.63) is 41.7 Å². The molecule has 3 rings (SSSR count). The first-order valence-electron chi connectivity index (χ1n) is 6.56. The molecule has 1 fully saturated rings. The van der Waals surface area contributed by atoms with Gasteiger partial charge in [-0.1, -0.05) is 0 Å². The summed E-state index contributed by atoms with van der Waals surface area (Å²) in [5.41, 5.74) is 1.22. The van der Waals surface area contributed by atoms with E-state index in [1.165, 1.54) is 0 Å². The summed E-state index contributed by atoms with van der Waals surface area (Å²) in [7, 11) is -3.13. The van der Waals surface area contributed by atoms with Gasteiger partial charge in [0.25, 0.3) is 5.91 Å². The molecular weight excluding hydrogens is 292 g/mol. The number of amides is 1. The molecule has 1 aliphatic heterocycles. The van der Waals surface area contributed by atoms with Crippen LogP contribution in [0.1, 0.15) is 15.9 Å². The molecule has 112 valence electrons. The van der Waals surface area contributed by atoms with Crippen LogP contribution in [0.15, 0.2) is 30.6 Å². The van der Waals surface area contributed by atoms with E-state index in [0.29, 0.717) is 5.56 Å². The van der Waals surface area contributed by atoms with Crippen molar-refractivity contribution in [3.63, 3.8) is 0 Å². The number of pyridine rings is 1. The maximum Gasteiger partial charge on any atom is 0.252 e. The zero-order valence-electron chi connectivity index (χ0n) is 11.5. The zero-order valence-corrected chi connectivity index (χ0v) is 12.4. The lowest BCUT2D eigenvalue weighted by Crippen LogP contribution is -2.60. The third-order valence-electron chi connectivity index (χ3n) is 3.55. The average Bonchev–Trinajstić information content (AvgIpc) is 2.72. The first-order chi connectivity index (χ1) is 9.76. The Labute approximate surface area is 122 Å². The topological polar surface area (TPSA) is 87.9 Å². The first kappa shape index (κ1) is 14.1. The molecule has 1 aliphatic rings. The number of nitrogens with zero attached hydrogens (tertiary/aromatic N) is 1. The van der Waals surface area contributed by atoms with Gasteiger partial charge >= 0.3 is 0 Å². The monoisotopic (exact) mass is 308 g/mol. The number of aliphatic hydroxyl groups is 1. The number of aryl methyl sites for hydroxylation is 1. The van der Waals surface area contributed by atoms with Crippen molar-refractivity contribution in [2.45, 2.75) is 12.5 Å². The molecule has 0 unspecified atom stereocenters. The van der Waals surface area contributed by atoms with Crippen molar-refractivity contribution in [3.8, 4) is 0 Å². The Morgan fingerprint density at radius 2 is 2.10 bits per heavy atom. The molecule has 0 atom stereocenters. The van der Waals surface area contributed by atoms with Crippen LogP contribution >= 0.6 is 0 Å². The summed E-state index contributed by atoms with van der Waals surface area (Å²) in [5.74, 6) is -0.923. The summed E-state index contributed by atoms with van der Waals surface area (Å²) >= 11 is 0. The maximum absolute atomic E-state index is 12.1. The van der Waals surface area contributed by atoms with Gasteiger partial charge in [-0.25, -0.2) is 8.42 Å². The van der Waals surface area contributed by atoms with Gasteiger partial charge < -0.3 is 14.8 Å². The second-order valence-electron chi connectivity index (χ2n) is 5.71. The van der Waals surface area contributed by atoms with Gasteiger partial charge in [-0.15, -0.1) is 0 Å². The van der Waals surface area contributed by atoms with E-state index >= 15 is 0 Å². The smallest absolute Gasteiger partial charge is 0.252 e. The van der Waals surface area contributed by atoms with E-state index in [-0.39, 0.29) is 24.0 Å². The Bertz CT molecular complexity index is 811. The van der Waals surface area contributed by atoms with Gasteiger partial charge in [-0.05, 0) is 30.7 Å². The van der Waals surface area contributed by atoms with Gasteiger partial charge in [0.1, 0.15) is 5.60 Å². The molecule has 0 bridgehead atoms. The third-order valence-corrected chi connectivity index (χ3v) is 5.50. The third kappa shape index (κ3) is 2.79. The minimum atomic E-state index is -3.13. The van der Waals surface area contributed by atoms with E-state index < -0.39 is 15.4 Å². The van der Waals surface area contributed by atoms with Crippen LogP contribution in [0.3, 0.4) is 0 Å². The number of fused-ring (bicyclic) bond motifs is 1. The lowest BCUT2D eigenvalue weighted by molar-refractivity contribution is 0.0634. The fourth-order valence-corrected chi connectivity index (χ4v) is 4.37. The maximum atomic E-state index is 12.1. The Morgan fingerprint density at radius 1 is 1.38 bits per heavy atom. The van der Waals surface area contributed by atoms with Crippen molar-refractivity contribution < 1.29 is 18.3 Å². The number of nitrogens with one attached hydrogen (secondary N) is 1. The summed E-state index contributed by atoms with van der Waals surface area (Å²) in [4.78, 5) is 12.1. The van der Waals surface area contributed by atoms with Crippen LogP contribution in [0.4, 0.5) is 0 Å². The zero-order chi connectivity index (χ0) is 15.3. The summed E-state index contributed by atoms with van der Waals surface area (Å²) in [6.45, 7) is 1.91. The summed E-state index contributed by atoms with van der Waals surface area (Å²) < 4.78 is 24.0. The quantitative estimate of drug-likeness (QED) is 0.844. The average molecular weight is 308 g/mol. The molecule has 1 amide bonds. The number of carbonyl (C=O) groups is 1. The Morgan fingerprint density at radius 3 is 2.76 bits per heavy atom. The highest BCUT2D eigenvalue weighted by molar-refractivity contribution is 7.93. The van der Waals surface area contributed by atoms with Crippen LogP contribution in [-0.4, -0.2) is 47.5 Å². The Hall–Kier alpha value is -1.86. The normalized spacial score (nSPS) is 19.1. The van der Waals surface area contributed by atoms with Crippen molar-refractivity contribution in [2.24, 2.45) is 0 Å². The molecule has 1 saturated heterocycles. The predicted octanol–water partition coefficient (Wildman–Crippen LogP) is 0.137. The van der Waals surface area contributed by atoms with Gasteiger partial charge in [0.05, 0.1) is 17.1 Å². The van der Waals surface area contributed by atoms with E-state index in [4.69, 9.17) is 0 Å². The fourth-order valence-electron chi connectivity index (χ4n) is 2.61. The van der Waals surface area contributed by atoms with Gasteiger partial charge in [0.15, 0.2) is 9.84 Å². The summed E-state index contributed by atoms with van der Waals surface area (Å²) in [6.07, 6.45) is 3.62. The van der Waals surface area contributed by atoms with Crippen molar-refractivity contribution in [2.75, 3.05) is 18.1 Å². The number of rotatable bonds is 3. The minimum absolute atomic E-state index is 0.0617. The molecule has 7 heteroatoms. The molecule has 6 nitrogen and oxygen atoms in total. The first-order valence-corrected chi connectivity index (χ1v) is 8.38. The van der Waals surface area contributed by atoms with Crippen molar-refractivity contribution >= 4 is 21.3 Å². The highest BCUT2D eigenvalue weighted by Crippen LogP contribution is 2.22. The molecule has 0 saturated carbocycles. The van der Waals surface area contributed by atoms with Crippen LogP contribution in [0.5, 0.6) is 0 Å². The Balaban J connectivity index is 1.69. The second-order valence-corrected chi connectivity index (χ2v) is 7.77. The van der Waals surface area contributed by atoms with Gasteiger partial charge in [0, 0.05) is 24.5 Å². The van der Waals surface area contributed by atoms with Crippen LogP contribution in [0.2, 0.25) is 0 Å². The molecule has 0 aromatic carbocycles. The molecule has 0 radical (unpaired) electrons. The number of hydrogen-bond donors (Lipinski definition) is 2. The molecule has 2 aromatic rings. The second kappa shape index (κ2) is 4.57. The molecule has 2 N–H and O–H groups in total. The van der Waals surface area contributed by atoms with E-state index in [0.717, 1.165) is 11.1 Å². The number of sulfone groups is 1. The van der Waals surface area contributed by atoms with Crippen LogP contribution in [-0.2, 0) is 9.84 Å². The standard InChI is InChI=1S/C14H16N2O4S/c1-10-4-12-3-2-11(6-16(12)5-10)13(17)15-7-14(18)8-21(19,20)9-14/h2-6,18H,7-9H2,1H3,(H,15,17). The molecule has 0 aliphatic carbocycles. The number of hydrogen-bond acceptors (Lipinski definition) is 4. The fraction of sp³-hybridized carbons (Fsp3) is 0.357. The highest BCUT2D eigenvalue weighted by Gasteiger charge is 2.47. The molecule has 21 heavy (non-hydrogen) atoms. The molecule has 2 aromatic heterocycles. The van der Waals surface area contributed by atoms with Gasteiger partial charge in [-0.2, -0.15) is 0 Å². The number of carbonyl (C=O) groups excluding carboxylic acids is 1. The van der Waals surface area contributed by atoms with Crippen LogP contribution < -0.4 is 5.32 Å². The molecule has 0 spiro atoms. The van der Waals surface area contributed by atoms with E-state index in [9.17, 15) is 18.3 Å². The van der Waals surface area contributed by atoms with E-state index in [2.05, 4.69) is 5.32 Å². The van der Waals surface area contributed by atoms with Crippen LogP contribution in [0.25, 0.3) is 5.52 Å². The molecule has 3 heterocycles. The van der Waals surface area contributed by atoms with Crippen molar-refractivity contribution in [1.29, 1.82) is 0 Å². The molecular formula is C14H16N2O4S. The lowest BCUT2D eigenvalue weighted by Gasteiger charge is -2.35. The van der Waals surface area contributed by atoms with Crippen molar-refractivity contribution in [1.82, 2.24) is 9.72 Å². The lowest BCUT2D eigenvalue weighted by atomic mass is 10.1. The SMILES string of the molecule is Cc1cc2ccc(C(=O)NCC3(O)CS(=O)(=O)C3)cn2c1. The van der Waals surface area contributed by atoms with Crippen LogP contribution in [0, 0.1) is 6.92 Å². The summed E-state index contributed by atoms with van der Waals surface area (Å²) in [5, 5.41) is 12.5. The van der Waals surface area contributed by atoms with E-state index in [1.54, 1.807) is 12.3 Å². The highest BCUT2D eigenvalue weighted by atomic mass is 32.2. The van der Waals surface area contributed by atoms with Gasteiger partial charge in [0.2, 0.25) is 0 Å². The predicted molar refractivity (Wildman–Crippen MR) is 78.1 cm³/mol. The van der Waals surface area contributed by atoms with Gasteiger partial charge in [-0.3, -0.25) is 4.79 Å². The minimum Gasteiger partial charge on any atom is -0.386 e. The Kier molecular flexibility index (Phi) is 3.07.